The van der Waals surface area contributed by atoms with Crippen LogP contribution in [-0.2, 0) is 4.57 Å². The lowest BCUT2D eigenvalue weighted by atomic mass is 10.0. The van der Waals surface area contributed by atoms with Crippen molar-refractivity contribution in [3.05, 3.63) is 128 Å². The van der Waals surface area contributed by atoms with Gasteiger partial charge in [0.2, 0.25) is 0 Å². The first kappa shape index (κ1) is 20.7. The molecule has 1 aliphatic heterocycles. The van der Waals surface area contributed by atoms with Crippen LogP contribution in [0.15, 0.2) is 128 Å². The summed E-state index contributed by atoms with van der Waals surface area (Å²) in [6, 6.07) is 41.3. The van der Waals surface area contributed by atoms with Crippen molar-refractivity contribution >= 4 is 55.8 Å². The van der Waals surface area contributed by atoms with Gasteiger partial charge in [0.25, 0.3) is 0 Å². The van der Waals surface area contributed by atoms with Gasteiger partial charge in [-0.25, -0.2) is 0 Å². The van der Waals surface area contributed by atoms with Gasteiger partial charge in [0.05, 0.1) is 22.2 Å². The van der Waals surface area contributed by atoms with E-state index in [1.807, 2.05) is 60.8 Å². The summed E-state index contributed by atoms with van der Waals surface area (Å²) in [5.41, 5.74) is 6.23. The Morgan fingerprint density at radius 1 is 0.622 bits per heavy atom. The zero-order chi connectivity index (χ0) is 24.6. The SMILES string of the molecule is O=P1(c2ccccc2)c2ccccc2-c2ccc3c(c21)c1ccccc1n3-c1cccc2cccnc12. The second kappa shape index (κ2) is 7.52. The monoisotopic (exact) mass is 492 g/mol. The van der Waals surface area contributed by atoms with Gasteiger partial charge in [-0.05, 0) is 35.4 Å². The predicted molar refractivity (Wildman–Crippen MR) is 154 cm³/mol. The Morgan fingerprint density at radius 3 is 2.32 bits per heavy atom. The molecule has 5 aromatic carbocycles. The summed E-state index contributed by atoms with van der Waals surface area (Å²) in [6.45, 7) is 0. The largest absolute Gasteiger partial charge is 0.309 e. The maximum atomic E-state index is 15.5. The summed E-state index contributed by atoms with van der Waals surface area (Å²) >= 11 is 0. The van der Waals surface area contributed by atoms with Gasteiger partial charge in [-0.15, -0.1) is 0 Å². The standard InChI is InChI=1S/C33H21N2OP/c36-37(23-12-2-1-3-13-23)30-18-7-5-14-24(30)25-19-20-28-31(33(25)37)26-15-4-6-16-27(26)35(28)29-17-8-10-22-11-9-21-34-32(22)29/h1-21H. The van der Waals surface area contributed by atoms with E-state index < -0.39 is 7.14 Å². The Hall–Kier alpha value is -4.46. The van der Waals surface area contributed by atoms with Crippen molar-refractivity contribution in [1.29, 1.82) is 0 Å². The van der Waals surface area contributed by atoms with Crippen molar-refractivity contribution in [2.75, 3.05) is 0 Å². The summed E-state index contributed by atoms with van der Waals surface area (Å²) in [7, 11) is -3.11. The smallest absolute Gasteiger partial charge is 0.172 e. The van der Waals surface area contributed by atoms with Crippen LogP contribution >= 0.6 is 7.14 Å². The maximum Gasteiger partial charge on any atom is 0.172 e. The van der Waals surface area contributed by atoms with E-state index in [-0.39, 0.29) is 0 Å². The Morgan fingerprint density at radius 2 is 1.41 bits per heavy atom. The molecular formula is C33H21N2OP. The molecule has 0 saturated heterocycles. The second-order valence-corrected chi connectivity index (χ2v) is 12.2. The van der Waals surface area contributed by atoms with Crippen LogP contribution in [0.2, 0.25) is 0 Å². The first-order valence-electron chi connectivity index (χ1n) is 12.4. The molecule has 0 fully saturated rings. The van der Waals surface area contributed by atoms with Gasteiger partial charge in [-0.1, -0.05) is 97.1 Å². The Labute approximate surface area is 214 Å². The molecule has 1 unspecified atom stereocenters. The Bertz CT molecular complexity index is 2070. The zero-order valence-electron chi connectivity index (χ0n) is 19.9. The maximum absolute atomic E-state index is 15.5. The van der Waals surface area contributed by atoms with Crippen LogP contribution in [0.5, 0.6) is 0 Å². The number of benzene rings is 5. The molecule has 0 radical (unpaired) electrons. The van der Waals surface area contributed by atoms with Crippen molar-refractivity contribution in [3.63, 3.8) is 0 Å². The van der Waals surface area contributed by atoms with Crippen molar-refractivity contribution in [1.82, 2.24) is 9.55 Å². The number of hydrogen-bond acceptors (Lipinski definition) is 2. The summed E-state index contributed by atoms with van der Waals surface area (Å²) in [4.78, 5) is 4.76. The van der Waals surface area contributed by atoms with E-state index in [0.29, 0.717) is 0 Å². The van der Waals surface area contributed by atoms with E-state index in [2.05, 4.69) is 71.3 Å². The average Bonchev–Trinajstić information content (AvgIpc) is 3.44. The van der Waals surface area contributed by atoms with E-state index >= 15 is 4.57 Å². The first-order valence-corrected chi connectivity index (χ1v) is 14.1. The van der Waals surface area contributed by atoms with Crippen LogP contribution in [0.1, 0.15) is 0 Å². The molecule has 1 atom stereocenters. The third-order valence-corrected chi connectivity index (χ3v) is 10.8. The predicted octanol–water partition coefficient (Wildman–Crippen LogP) is 6.95. The normalized spacial score (nSPS) is 16.3. The van der Waals surface area contributed by atoms with E-state index in [9.17, 15) is 0 Å². The lowest BCUT2D eigenvalue weighted by molar-refractivity contribution is 0.593. The van der Waals surface area contributed by atoms with Crippen LogP contribution in [-0.4, -0.2) is 9.55 Å². The number of aromatic nitrogens is 2. The minimum Gasteiger partial charge on any atom is -0.309 e. The van der Waals surface area contributed by atoms with Gasteiger partial charge < -0.3 is 9.13 Å². The number of pyridine rings is 1. The molecule has 0 amide bonds. The van der Waals surface area contributed by atoms with Crippen LogP contribution < -0.4 is 15.9 Å². The van der Waals surface area contributed by atoms with Gasteiger partial charge in [0, 0.05) is 38.3 Å². The van der Waals surface area contributed by atoms with E-state index in [0.717, 1.165) is 65.4 Å². The van der Waals surface area contributed by atoms with Crippen LogP contribution in [0.3, 0.4) is 0 Å². The highest BCUT2D eigenvalue weighted by Crippen LogP contribution is 2.55. The molecule has 4 heteroatoms. The van der Waals surface area contributed by atoms with Crippen LogP contribution in [0.25, 0.3) is 49.5 Å². The number of fused-ring (bicyclic) bond motifs is 8. The van der Waals surface area contributed by atoms with Gasteiger partial charge in [0.15, 0.2) is 7.14 Å². The van der Waals surface area contributed by atoms with Crippen LogP contribution in [0.4, 0.5) is 0 Å². The van der Waals surface area contributed by atoms with Crippen molar-refractivity contribution in [2.45, 2.75) is 0 Å². The summed E-state index contributed by atoms with van der Waals surface area (Å²) in [5.74, 6) is 0. The molecule has 0 saturated carbocycles. The fourth-order valence-corrected chi connectivity index (χ4v) is 9.40. The van der Waals surface area contributed by atoms with Crippen molar-refractivity contribution < 1.29 is 4.57 Å². The minimum atomic E-state index is -3.11. The summed E-state index contributed by atoms with van der Waals surface area (Å²) in [6.07, 6.45) is 1.84. The summed E-state index contributed by atoms with van der Waals surface area (Å²) < 4.78 is 17.7. The fraction of sp³-hybridized carbons (Fsp3) is 0. The van der Waals surface area contributed by atoms with Gasteiger partial charge in [0.1, 0.15) is 0 Å². The first-order chi connectivity index (χ1) is 18.3. The van der Waals surface area contributed by atoms with E-state index in [1.54, 1.807) is 0 Å². The molecular weight excluding hydrogens is 471 g/mol. The Balaban J connectivity index is 1.58. The van der Waals surface area contributed by atoms with E-state index in [1.165, 1.54) is 0 Å². The van der Waals surface area contributed by atoms with Gasteiger partial charge in [-0.3, -0.25) is 4.98 Å². The molecule has 8 rings (SSSR count). The van der Waals surface area contributed by atoms with Gasteiger partial charge in [-0.2, -0.15) is 0 Å². The molecule has 7 aromatic rings. The summed E-state index contributed by atoms with van der Waals surface area (Å²) in [5, 5.41) is 6.00. The van der Waals surface area contributed by atoms with Crippen molar-refractivity contribution in [2.24, 2.45) is 0 Å². The third kappa shape index (κ3) is 2.67. The highest BCUT2D eigenvalue weighted by Gasteiger charge is 2.42. The van der Waals surface area contributed by atoms with Crippen molar-refractivity contribution in [3.8, 4) is 16.8 Å². The lowest BCUT2D eigenvalue weighted by Gasteiger charge is -2.17. The molecule has 37 heavy (non-hydrogen) atoms. The molecule has 1 aliphatic rings. The minimum absolute atomic E-state index is 0.873. The number of nitrogens with zero attached hydrogens (tertiary/aromatic N) is 2. The highest BCUT2D eigenvalue weighted by molar-refractivity contribution is 7.86. The lowest BCUT2D eigenvalue weighted by Crippen LogP contribution is -2.21. The van der Waals surface area contributed by atoms with Gasteiger partial charge >= 0.3 is 0 Å². The molecule has 2 aromatic heterocycles. The molecule has 174 valence electrons. The Kier molecular flexibility index (Phi) is 4.21. The average molecular weight is 493 g/mol. The molecule has 3 nitrogen and oxygen atoms in total. The molecule has 0 N–H and O–H groups in total. The topological polar surface area (TPSA) is 34.9 Å². The fourth-order valence-electron chi connectivity index (χ4n) is 6.12. The molecule has 0 spiro atoms. The third-order valence-electron chi connectivity index (χ3n) is 7.63. The number of rotatable bonds is 2. The van der Waals surface area contributed by atoms with Crippen LogP contribution in [0, 0.1) is 0 Å². The number of hydrogen-bond donors (Lipinski definition) is 0. The zero-order valence-corrected chi connectivity index (χ0v) is 20.8. The number of para-hydroxylation sites is 2. The highest BCUT2D eigenvalue weighted by atomic mass is 31.2. The second-order valence-electron chi connectivity index (χ2n) is 9.52. The molecule has 3 heterocycles. The van der Waals surface area contributed by atoms with E-state index in [4.69, 9.17) is 4.98 Å². The molecule has 0 bridgehead atoms. The molecule has 0 aliphatic carbocycles. The quantitative estimate of drug-likeness (QED) is 0.245.